The fourth-order valence-electron chi connectivity index (χ4n) is 2.81. The SMILES string of the molecule is CCCCCCCCCCCCCCCCCCOS(=O)(=O)[O-].[Ba+2]. The monoisotopic (exact) mass is 487 g/mol. The van der Waals surface area contributed by atoms with E-state index in [1.54, 1.807) is 0 Å². The third kappa shape index (κ3) is 25.7. The van der Waals surface area contributed by atoms with Crippen molar-refractivity contribution < 1.29 is 17.2 Å². The van der Waals surface area contributed by atoms with E-state index in [1.165, 1.54) is 83.5 Å². The minimum atomic E-state index is -4.49. The zero-order valence-electron chi connectivity index (χ0n) is 15.8. The van der Waals surface area contributed by atoms with Gasteiger partial charge in [0.1, 0.15) is 0 Å². The molecule has 0 atom stereocenters. The van der Waals surface area contributed by atoms with E-state index in [0.717, 1.165) is 12.8 Å². The van der Waals surface area contributed by atoms with Gasteiger partial charge in [-0.1, -0.05) is 103 Å². The first-order valence-electron chi connectivity index (χ1n) is 9.66. The summed E-state index contributed by atoms with van der Waals surface area (Å²) in [5.41, 5.74) is 0. The van der Waals surface area contributed by atoms with E-state index >= 15 is 0 Å². The molecule has 0 bridgehead atoms. The minimum Gasteiger partial charge on any atom is -0.726 e. The van der Waals surface area contributed by atoms with Crippen molar-refractivity contribution in [2.45, 2.75) is 110 Å². The van der Waals surface area contributed by atoms with Gasteiger partial charge in [-0.25, -0.2) is 8.42 Å². The Bertz CT molecular complexity index is 334. The molecule has 0 saturated heterocycles. The quantitative estimate of drug-likeness (QED) is 0.113. The molecule has 0 spiro atoms. The Morgan fingerprint density at radius 2 is 0.917 bits per heavy atom. The van der Waals surface area contributed by atoms with Crippen LogP contribution in [0.5, 0.6) is 0 Å². The van der Waals surface area contributed by atoms with Crippen LogP contribution in [-0.4, -0.2) is 68.5 Å². The van der Waals surface area contributed by atoms with E-state index in [0.29, 0.717) is 6.42 Å². The summed E-state index contributed by atoms with van der Waals surface area (Å²) in [4.78, 5) is 0. The first-order valence-corrected chi connectivity index (χ1v) is 11.0. The number of rotatable bonds is 18. The molecule has 0 aromatic carbocycles. The second-order valence-corrected chi connectivity index (χ2v) is 7.59. The van der Waals surface area contributed by atoms with Crippen molar-refractivity contribution in [3.63, 3.8) is 0 Å². The first-order chi connectivity index (χ1) is 11.1. The van der Waals surface area contributed by atoms with Gasteiger partial charge in [0.25, 0.3) is 0 Å². The molecule has 0 rings (SSSR count). The smallest absolute Gasteiger partial charge is 0.726 e. The molecule has 0 aliphatic carbocycles. The third-order valence-electron chi connectivity index (χ3n) is 4.23. The molecule has 4 nitrogen and oxygen atoms in total. The minimum absolute atomic E-state index is 0. The van der Waals surface area contributed by atoms with Gasteiger partial charge in [-0.2, -0.15) is 0 Å². The average molecular weight is 487 g/mol. The fraction of sp³-hybridized carbons (Fsp3) is 1.00. The predicted molar refractivity (Wildman–Crippen MR) is 101 cm³/mol. The average Bonchev–Trinajstić information content (AvgIpc) is 2.49. The van der Waals surface area contributed by atoms with Crippen LogP contribution in [0.3, 0.4) is 0 Å². The molecule has 0 aromatic heterocycles. The molecule has 0 unspecified atom stereocenters. The van der Waals surface area contributed by atoms with Crippen LogP contribution in [0.1, 0.15) is 110 Å². The van der Waals surface area contributed by atoms with E-state index in [1.807, 2.05) is 0 Å². The summed E-state index contributed by atoms with van der Waals surface area (Å²) in [6.45, 7) is 2.29. The second-order valence-electron chi connectivity index (χ2n) is 6.53. The van der Waals surface area contributed by atoms with Crippen LogP contribution in [0.15, 0.2) is 0 Å². The number of unbranched alkanes of at least 4 members (excludes halogenated alkanes) is 15. The van der Waals surface area contributed by atoms with E-state index in [2.05, 4.69) is 11.1 Å². The summed E-state index contributed by atoms with van der Waals surface area (Å²) in [5.74, 6) is 0. The molecule has 0 radical (unpaired) electrons. The van der Waals surface area contributed by atoms with Crippen LogP contribution in [0.2, 0.25) is 0 Å². The van der Waals surface area contributed by atoms with Crippen molar-refractivity contribution in [3.8, 4) is 0 Å². The molecule has 0 aliphatic heterocycles. The van der Waals surface area contributed by atoms with E-state index in [-0.39, 0.29) is 55.5 Å². The third-order valence-corrected chi connectivity index (χ3v) is 4.68. The van der Waals surface area contributed by atoms with Gasteiger partial charge in [-0.3, -0.25) is 4.18 Å². The van der Waals surface area contributed by atoms with Crippen molar-refractivity contribution in [1.82, 2.24) is 0 Å². The van der Waals surface area contributed by atoms with Gasteiger partial charge in [-0.05, 0) is 6.42 Å². The number of hydrogen-bond acceptors (Lipinski definition) is 4. The standard InChI is InChI=1S/C18H38O4S.Ba/c1-2-3-4-5-6-7-8-9-10-11-12-13-14-15-16-17-18-22-23(19,20)21;/h2-18H2,1H3,(H,19,20,21);/q;+2/p-1. The maximum absolute atomic E-state index is 10.2. The Labute approximate surface area is 190 Å². The number of hydrogen-bond donors (Lipinski definition) is 0. The van der Waals surface area contributed by atoms with Crippen molar-refractivity contribution >= 4 is 59.3 Å². The molecule has 0 N–H and O–H groups in total. The largest absolute Gasteiger partial charge is 2.00 e. The molecule has 0 aliphatic rings. The summed E-state index contributed by atoms with van der Waals surface area (Å²) in [6.07, 6.45) is 20.3. The fourth-order valence-corrected chi connectivity index (χ4v) is 3.13. The zero-order chi connectivity index (χ0) is 17.2. The van der Waals surface area contributed by atoms with Gasteiger partial charge in [0, 0.05) is 0 Å². The maximum atomic E-state index is 10.2. The van der Waals surface area contributed by atoms with Gasteiger partial charge < -0.3 is 4.55 Å². The van der Waals surface area contributed by atoms with Crippen LogP contribution in [0, 0.1) is 0 Å². The summed E-state index contributed by atoms with van der Waals surface area (Å²) in [7, 11) is -4.49. The van der Waals surface area contributed by atoms with Crippen LogP contribution >= 0.6 is 0 Å². The predicted octanol–water partition coefficient (Wildman–Crippen LogP) is 5.34. The zero-order valence-corrected chi connectivity index (χ0v) is 21.0. The molecule has 0 amide bonds. The van der Waals surface area contributed by atoms with Crippen LogP contribution in [0.25, 0.3) is 0 Å². The van der Waals surface area contributed by atoms with E-state index < -0.39 is 10.4 Å². The molecular weight excluding hydrogens is 450 g/mol. The molecular formula is C18H37BaO4S+. The van der Waals surface area contributed by atoms with Crippen LogP contribution in [0.4, 0.5) is 0 Å². The second kappa shape index (κ2) is 20.7. The Kier molecular flexibility index (Phi) is 23.9. The van der Waals surface area contributed by atoms with Gasteiger partial charge in [0.05, 0.1) is 6.61 Å². The van der Waals surface area contributed by atoms with Gasteiger partial charge in [-0.15, -0.1) is 0 Å². The molecule has 6 heteroatoms. The Balaban J connectivity index is 0. The topological polar surface area (TPSA) is 66.4 Å². The summed E-state index contributed by atoms with van der Waals surface area (Å²) < 4.78 is 34.8. The van der Waals surface area contributed by atoms with Gasteiger partial charge in [0.15, 0.2) is 0 Å². The summed E-state index contributed by atoms with van der Waals surface area (Å²) in [6, 6.07) is 0. The van der Waals surface area contributed by atoms with Crippen molar-refractivity contribution in [1.29, 1.82) is 0 Å². The van der Waals surface area contributed by atoms with Gasteiger partial charge in [0.2, 0.25) is 10.4 Å². The molecule has 0 heterocycles. The summed E-state index contributed by atoms with van der Waals surface area (Å²) >= 11 is 0. The van der Waals surface area contributed by atoms with Crippen molar-refractivity contribution in [2.24, 2.45) is 0 Å². The Hall–Kier alpha value is 1.44. The molecule has 140 valence electrons. The van der Waals surface area contributed by atoms with Crippen LogP contribution < -0.4 is 0 Å². The molecule has 0 fully saturated rings. The van der Waals surface area contributed by atoms with Crippen molar-refractivity contribution in [3.05, 3.63) is 0 Å². The maximum Gasteiger partial charge on any atom is 2.00 e. The first kappa shape index (κ1) is 27.7. The molecule has 0 saturated carbocycles. The Morgan fingerprint density at radius 1 is 0.625 bits per heavy atom. The van der Waals surface area contributed by atoms with E-state index in [4.69, 9.17) is 0 Å². The summed E-state index contributed by atoms with van der Waals surface area (Å²) in [5, 5.41) is 0. The normalized spacial score (nSPS) is 11.4. The Morgan fingerprint density at radius 3 is 1.21 bits per heavy atom. The molecule has 0 aromatic rings. The molecule has 24 heavy (non-hydrogen) atoms. The van der Waals surface area contributed by atoms with Crippen molar-refractivity contribution in [2.75, 3.05) is 6.61 Å². The van der Waals surface area contributed by atoms with E-state index in [9.17, 15) is 13.0 Å². The van der Waals surface area contributed by atoms with Crippen LogP contribution in [-0.2, 0) is 14.6 Å². The van der Waals surface area contributed by atoms with Gasteiger partial charge >= 0.3 is 48.9 Å².